The van der Waals surface area contributed by atoms with E-state index in [1.54, 1.807) is 50.6 Å². The summed E-state index contributed by atoms with van der Waals surface area (Å²) in [5, 5.41) is 0. The van der Waals surface area contributed by atoms with Crippen molar-refractivity contribution in [3.05, 3.63) is 42.0 Å². The molecule has 6 heteroatoms. The molecule has 0 fully saturated rings. The minimum absolute atomic E-state index is 0.160. The van der Waals surface area contributed by atoms with Gasteiger partial charge in [0.05, 0.1) is 34.1 Å². The first-order chi connectivity index (χ1) is 11.5. The number of anilines is 1. The van der Waals surface area contributed by atoms with Crippen LogP contribution in [0.3, 0.4) is 0 Å². The second-order valence-electron chi connectivity index (χ2n) is 4.98. The number of nitrogens with zero attached hydrogens (tertiary/aromatic N) is 1. The van der Waals surface area contributed by atoms with Gasteiger partial charge in [0, 0.05) is 24.7 Å². The van der Waals surface area contributed by atoms with Gasteiger partial charge in [-0.3, -0.25) is 4.79 Å². The van der Waals surface area contributed by atoms with Crippen molar-refractivity contribution in [1.82, 2.24) is 0 Å². The molecule has 0 aromatic heterocycles. The topological polar surface area (TPSA) is 57.2 Å². The zero-order valence-electron chi connectivity index (χ0n) is 14.5. The summed E-state index contributed by atoms with van der Waals surface area (Å²) in [6, 6.07) is 10.4. The maximum absolute atomic E-state index is 12.7. The summed E-state index contributed by atoms with van der Waals surface area (Å²) in [6.45, 7) is 0. The molecule has 1 amide bonds. The van der Waals surface area contributed by atoms with Gasteiger partial charge in [-0.05, 0) is 24.3 Å². The van der Waals surface area contributed by atoms with Gasteiger partial charge in [0.1, 0.15) is 5.75 Å². The van der Waals surface area contributed by atoms with Crippen molar-refractivity contribution in [2.45, 2.75) is 0 Å². The quantitative estimate of drug-likeness (QED) is 0.814. The van der Waals surface area contributed by atoms with E-state index in [-0.39, 0.29) is 5.91 Å². The molecular weight excluding hydrogens is 310 g/mol. The highest BCUT2D eigenvalue weighted by atomic mass is 16.5. The van der Waals surface area contributed by atoms with Crippen LogP contribution in [0.25, 0.3) is 0 Å². The van der Waals surface area contributed by atoms with E-state index >= 15 is 0 Å². The van der Waals surface area contributed by atoms with Crippen LogP contribution in [-0.4, -0.2) is 41.4 Å². The third kappa shape index (κ3) is 3.37. The molecule has 0 bridgehead atoms. The molecule has 0 atom stereocenters. The molecule has 0 saturated heterocycles. The first kappa shape index (κ1) is 17.5. The SMILES string of the molecule is COc1ccc(C(=O)N(C)c2cc(OC)c(OC)c(OC)c2)cc1. The Morgan fingerprint density at radius 3 is 1.79 bits per heavy atom. The lowest BCUT2D eigenvalue weighted by atomic mass is 10.1. The van der Waals surface area contributed by atoms with Crippen LogP contribution in [0.2, 0.25) is 0 Å². The van der Waals surface area contributed by atoms with E-state index in [2.05, 4.69) is 0 Å². The lowest BCUT2D eigenvalue weighted by Gasteiger charge is -2.21. The van der Waals surface area contributed by atoms with Crippen LogP contribution < -0.4 is 23.8 Å². The molecule has 0 radical (unpaired) electrons. The number of carbonyl (C=O) groups is 1. The van der Waals surface area contributed by atoms with E-state index in [9.17, 15) is 4.79 Å². The maximum Gasteiger partial charge on any atom is 0.258 e. The molecule has 6 nitrogen and oxygen atoms in total. The predicted molar refractivity (Wildman–Crippen MR) is 91.8 cm³/mol. The molecule has 0 aliphatic heterocycles. The first-order valence-corrected chi connectivity index (χ1v) is 7.27. The first-order valence-electron chi connectivity index (χ1n) is 7.27. The Morgan fingerprint density at radius 2 is 1.38 bits per heavy atom. The highest BCUT2D eigenvalue weighted by molar-refractivity contribution is 6.06. The Balaban J connectivity index is 2.37. The second kappa shape index (κ2) is 7.59. The zero-order valence-corrected chi connectivity index (χ0v) is 14.5. The van der Waals surface area contributed by atoms with Crippen LogP contribution >= 0.6 is 0 Å². The average Bonchev–Trinajstić information content (AvgIpc) is 2.65. The molecule has 24 heavy (non-hydrogen) atoms. The van der Waals surface area contributed by atoms with Crippen LogP contribution in [0.5, 0.6) is 23.0 Å². The van der Waals surface area contributed by atoms with Crippen LogP contribution in [0.1, 0.15) is 10.4 Å². The Labute approximate surface area is 141 Å². The monoisotopic (exact) mass is 331 g/mol. The van der Waals surface area contributed by atoms with Crippen LogP contribution in [0.4, 0.5) is 5.69 Å². The summed E-state index contributed by atoms with van der Waals surface area (Å²) < 4.78 is 21.1. The number of methoxy groups -OCH3 is 4. The van der Waals surface area contributed by atoms with Gasteiger partial charge in [-0.1, -0.05) is 0 Å². The van der Waals surface area contributed by atoms with Crippen molar-refractivity contribution < 1.29 is 23.7 Å². The Kier molecular flexibility index (Phi) is 5.52. The fraction of sp³-hybridized carbons (Fsp3) is 0.278. The van der Waals surface area contributed by atoms with E-state index in [0.717, 1.165) is 0 Å². The maximum atomic E-state index is 12.7. The number of hydrogen-bond acceptors (Lipinski definition) is 5. The van der Waals surface area contributed by atoms with Crippen molar-refractivity contribution in [3.63, 3.8) is 0 Å². The van der Waals surface area contributed by atoms with Crippen molar-refractivity contribution in [2.75, 3.05) is 40.4 Å². The van der Waals surface area contributed by atoms with E-state index < -0.39 is 0 Å². The summed E-state index contributed by atoms with van der Waals surface area (Å²) in [4.78, 5) is 14.2. The van der Waals surface area contributed by atoms with Gasteiger partial charge in [0.15, 0.2) is 11.5 Å². The lowest BCUT2D eigenvalue weighted by Crippen LogP contribution is -2.26. The number of ether oxygens (including phenoxy) is 4. The number of amides is 1. The van der Waals surface area contributed by atoms with Crippen LogP contribution in [0.15, 0.2) is 36.4 Å². The Hall–Kier alpha value is -2.89. The third-order valence-electron chi connectivity index (χ3n) is 3.68. The lowest BCUT2D eigenvalue weighted by molar-refractivity contribution is 0.0993. The summed E-state index contributed by atoms with van der Waals surface area (Å²) in [5.41, 5.74) is 1.18. The van der Waals surface area contributed by atoms with Crippen molar-refractivity contribution >= 4 is 11.6 Å². The van der Waals surface area contributed by atoms with E-state index in [1.807, 2.05) is 0 Å². The van der Waals surface area contributed by atoms with Gasteiger partial charge >= 0.3 is 0 Å². The van der Waals surface area contributed by atoms with Gasteiger partial charge in [0.2, 0.25) is 5.75 Å². The van der Waals surface area contributed by atoms with E-state index in [1.165, 1.54) is 26.2 Å². The van der Waals surface area contributed by atoms with Gasteiger partial charge in [-0.15, -0.1) is 0 Å². The Morgan fingerprint density at radius 1 is 0.833 bits per heavy atom. The van der Waals surface area contributed by atoms with Crippen LogP contribution in [0, 0.1) is 0 Å². The highest BCUT2D eigenvalue weighted by Crippen LogP contribution is 2.41. The minimum atomic E-state index is -0.160. The molecule has 128 valence electrons. The molecule has 0 aliphatic rings. The highest BCUT2D eigenvalue weighted by Gasteiger charge is 2.19. The molecule has 2 rings (SSSR count). The molecule has 0 saturated carbocycles. The van der Waals surface area contributed by atoms with Crippen molar-refractivity contribution in [2.24, 2.45) is 0 Å². The largest absolute Gasteiger partial charge is 0.497 e. The molecule has 0 spiro atoms. The van der Waals surface area contributed by atoms with Gasteiger partial charge in [-0.2, -0.15) is 0 Å². The van der Waals surface area contributed by atoms with E-state index in [4.69, 9.17) is 18.9 Å². The normalized spacial score (nSPS) is 10.0. The predicted octanol–water partition coefficient (Wildman–Crippen LogP) is 3.00. The molecular formula is C18H21NO5. The van der Waals surface area contributed by atoms with Gasteiger partial charge in [-0.25, -0.2) is 0 Å². The summed E-state index contributed by atoms with van der Waals surface area (Å²) in [5.74, 6) is 1.99. The fourth-order valence-electron chi connectivity index (χ4n) is 2.31. The number of hydrogen-bond donors (Lipinski definition) is 0. The van der Waals surface area contributed by atoms with E-state index in [0.29, 0.717) is 34.2 Å². The summed E-state index contributed by atoms with van der Waals surface area (Å²) >= 11 is 0. The molecule has 0 N–H and O–H groups in total. The van der Waals surface area contributed by atoms with Gasteiger partial charge in [0.25, 0.3) is 5.91 Å². The smallest absolute Gasteiger partial charge is 0.258 e. The summed E-state index contributed by atoms with van der Waals surface area (Å²) in [6.07, 6.45) is 0. The van der Waals surface area contributed by atoms with Crippen molar-refractivity contribution in [1.29, 1.82) is 0 Å². The fourth-order valence-corrected chi connectivity index (χ4v) is 2.31. The standard InChI is InChI=1S/C18H21NO5/c1-19(18(20)12-6-8-14(21-2)9-7-12)13-10-15(22-3)17(24-5)16(11-13)23-4/h6-11H,1-5H3. The van der Waals surface area contributed by atoms with Crippen molar-refractivity contribution in [3.8, 4) is 23.0 Å². The second-order valence-corrected chi connectivity index (χ2v) is 4.98. The molecule has 0 heterocycles. The van der Waals surface area contributed by atoms with Crippen LogP contribution in [-0.2, 0) is 0 Å². The molecule has 0 aliphatic carbocycles. The zero-order chi connectivity index (χ0) is 17.7. The minimum Gasteiger partial charge on any atom is -0.497 e. The average molecular weight is 331 g/mol. The molecule has 0 unspecified atom stereocenters. The number of rotatable bonds is 6. The Bertz CT molecular complexity index is 687. The number of benzene rings is 2. The molecule has 2 aromatic carbocycles. The van der Waals surface area contributed by atoms with Gasteiger partial charge < -0.3 is 23.8 Å². The summed E-state index contributed by atoms with van der Waals surface area (Å²) in [7, 11) is 7.87. The third-order valence-corrected chi connectivity index (χ3v) is 3.68. The number of carbonyl (C=O) groups excluding carboxylic acids is 1. The molecule has 2 aromatic rings.